The number of ether oxygens (including phenoxy) is 2. The smallest absolute Gasteiger partial charge is 0.325 e. The highest BCUT2D eigenvalue weighted by molar-refractivity contribution is 5.94. The number of H-pyrrole nitrogens is 1. The van der Waals surface area contributed by atoms with Gasteiger partial charge >= 0.3 is 5.97 Å². The lowest BCUT2D eigenvalue weighted by atomic mass is 9.86. The summed E-state index contributed by atoms with van der Waals surface area (Å²) in [7, 11) is 0. The number of rotatable bonds is 9. The van der Waals surface area contributed by atoms with Crippen LogP contribution in [0.4, 0.5) is 15.9 Å². The molecule has 1 unspecified atom stereocenters. The van der Waals surface area contributed by atoms with Crippen LogP contribution in [0.15, 0.2) is 24.5 Å². The summed E-state index contributed by atoms with van der Waals surface area (Å²) in [6, 6.07) is 4.05. The molecule has 34 heavy (non-hydrogen) atoms. The van der Waals surface area contributed by atoms with Gasteiger partial charge in [0, 0.05) is 17.7 Å². The van der Waals surface area contributed by atoms with Gasteiger partial charge in [0.15, 0.2) is 0 Å². The second-order valence-electron chi connectivity index (χ2n) is 7.83. The molecule has 1 aliphatic carbocycles. The van der Waals surface area contributed by atoms with Crippen molar-refractivity contribution in [2.45, 2.75) is 26.2 Å². The number of carbonyl (C=O) groups excluding carboxylic acids is 2. The molecule has 3 aromatic rings. The lowest BCUT2D eigenvalue weighted by molar-refractivity contribution is -0.143. The Labute approximate surface area is 194 Å². The van der Waals surface area contributed by atoms with Crippen molar-refractivity contribution in [1.29, 1.82) is 0 Å². The van der Waals surface area contributed by atoms with E-state index in [1.807, 2.05) is 0 Å². The molecule has 0 radical (unpaired) electrons. The van der Waals surface area contributed by atoms with Gasteiger partial charge in [0.25, 0.3) is 0 Å². The Kier molecular flexibility index (Phi) is 7.21. The summed E-state index contributed by atoms with van der Waals surface area (Å²) >= 11 is 0. The van der Waals surface area contributed by atoms with E-state index in [1.165, 1.54) is 24.5 Å². The number of nitrogens with zero attached hydrogens (tertiary/aromatic N) is 2. The predicted molar refractivity (Wildman–Crippen MR) is 121 cm³/mol. The largest absolute Gasteiger partial charge is 0.489 e. The molecule has 4 rings (SSSR count). The summed E-state index contributed by atoms with van der Waals surface area (Å²) in [6.45, 7) is 1.60. The molecule has 0 bridgehead atoms. The van der Waals surface area contributed by atoms with Crippen molar-refractivity contribution in [2.75, 3.05) is 31.7 Å². The number of aliphatic hydroxyl groups excluding tert-OH is 1. The van der Waals surface area contributed by atoms with Gasteiger partial charge in [-0.1, -0.05) is 0 Å². The van der Waals surface area contributed by atoms with Gasteiger partial charge in [-0.25, -0.2) is 14.4 Å². The van der Waals surface area contributed by atoms with Crippen LogP contribution in [0.3, 0.4) is 0 Å². The van der Waals surface area contributed by atoms with Crippen LogP contribution in [-0.4, -0.2) is 58.3 Å². The van der Waals surface area contributed by atoms with E-state index in [-0.39, 0.29) is 43.9 Å². The van der Waals surface area contributed by atoms with Gasteiger partial charge in [-0.2, -0.15) is 0 Å². The number of anilines is 2. The van der Waals surface area contributed by atoms with Crippen LogP contribution in [0.2, 0.25) is 0 Å². The minimum Gasteiger partial charge on any atom is -0.489 e. The van der Waals surface area contributed by atoms with Crippen molar-refractivity contribution in [1.82, 2.24) is 20.3 Å². The van der Waals surface area contributed by atoms with E-state index in [0.717, 1.165) is 16.6 Å². The number of nitrogens with one attached hydrogen (secondary N) is 3. The quantitative estimate of drug-likeness (QED) is 0.348. The van der Waals surface area contributed by atoms with E-state index in [4.69, 9.17) is 14.6 Å². The summed E-state index contributed by atoms with van der Waals surface area (Å²) in [5.74, 6) is -0.752. The standard InChI is InChI=1S/C23H26FN5O5/c1-2-33-19(31)11-25-23(32)13-3-5-16-15(9-13)20-21(28-16)26-12-27-22(20)29-17-6-4-14(24)10-18(17)34-8-7-30/h4,6,10,12-13,30H,2-3,5,7-9,11H2,1H3,(H,25,32)(H2,26,27,28,29). The second kappa shape index (κ2) is 10.5. The van der Waals surface area contributed by atoms with Crippen LogP contribution < -0.4 is 15.4 Å². The summed E-state index contributed by atoms with van der Waals surface area (Å²) in [4.78, 5) is 36.3. The average Bonchev–Trinajstić information content (AvgIpc) is 3.21. The lowest BCUT2D eigenvalue weighted by Gasteiger charge is -2.22. The van der Waals surface area contributed by atoms with Crippen molar-refractivity contribution in [2.24, 2.45) is 5.92 Å². The van der Waals surface area contributed by atoms with Crippen molar-refractivity contribution in [3.63, 3.8) is 0 Å². The van der Waals surface area contributed by atoms with Gasteiger partial charge in [0.2, 0.25) is 5.91 Å². The zero-order valence-electron chi connectivity index (χ0n) is 18.7. The molecule has 10 nitrogen and oxygen atoms in total. The number of fused-ring (bicyclic) bond motifs is 3. The third-order valence-corrected chi connectivity index (χ3v) is 5.60. The molecule has 0 saturated heterocycles. The van der Waals surface area contributed by atoms with Crippen LogP contribution in [0, 0.1) is 11.7 Å². The number of hydrogen-bond donors (Lipinski definition) is 4. The van der Waals surface area contributed by atoms with E-state index in [0.29, 0.717) is 36.4 Å². The number of amides is 1. The van der Waals surface area contributed by atoms with E-state index in [1.54, 1.807) is 6.92 Å². The molecule has 1 aliphatic rings. The number of hydrogen-bond acceptors (Lipinski definition) is 8. The first kappa shape index (κ1) is 23.4. The average molecular weight is 471 g/mol. The Morgan fingerprint density at radius 3 is 2.97 bits per heavy atom. The molecule has 2 heterocycles. The Hall–Kier alpha value is -3.73. The first-order valence-electron chi connectivity index (χ1n) is 11.1. The fourth-order valence-electron chi connectivity index (χ4n) is 4.08. The molecule has 0 fully saturated rings. The van der Waals surface area contributed by atoms with Crippen molar-refractivity contribution < 1.29 is 28.6 Å². The fourth-order valence-corrected chi connectivity index (χ4v) is 4.08. The number of carbonyl (C=O) groups is 2. The van der Waals surface area contributed by atoms with Gasteiger partial charge in [-0.15, -0.1) is 0 Å². The first-order valence-corrected chi connectivity index (χ1v) is 11.1. The molecule has 1 aromatic carbocycles. The van der Waals surface area contributed by atoms with E-state index in [9.17, 15) is 14.0 Å². The SMILES string of the molecule is CCOC(=O)CNC(=O)C1CCc2[nH]c3ncnc(Nc4ccc(F)cc4OCCO)c3c2C1. The van der Waals surface area contributed by atoms with Gasteiger partial charge in [0.05, 0.1) is 24.3 Å². The third kappa shape index (κ3) is 5.09. The minimum atomic E-state index is -0.474. The maximum atomic E-state index is 13.7. The van der Waals surface area contributed by atoms with Crippen LogP contribution in [0.5, 0.6) is 5.75 Å². The fraction of sp³-hybridized carbons (Fsp3) is 0.391. The summed E-state index contributed by atoms with van der Waals surface area (Å²) in [6.07, 6.45) is 3.13. The Morgan fingerprint density at radius 1 is 1.32 bits per heavy atom. The number of aromatic amines is 1. The highest BCUT2D eigenvalue weighted by Crippen LogP contribution is 2.36. The topological polar surface area (TPSA) is 138 Å². The number of aliphatic hydroxyl groups is 1. The lowest BCUT2D eigenvalue weighted by Crippen LogP contribution is -2.37. The van der Waals surface area contributed by atoms with Crippen LogP contribution in [0.1, 0.15) is 24.6 Å². The Bertz CT molecular complexity index is 1200. The normalized spacial score (nSPS) is 15.0. The summed E-state index contributed by atoms with van der Waals surface area (Å²) in [5, 5.41) is 15.6. The molecule has 0 aliphatic heterocycles. The second-order valence-corrected chi connectivity index (χ2v) is 7.83. The summed E-state index contributed by atoms with van der Waals surface area (Å²) < 4.78 is 24.1. The predicted octanol–water partition coefficient (Wildman–Crippen LogP) is 2.00. The number of benzene rings is 1. The molecule has 1 amide bonds. The Morgan fingerprint density at radius 2 is 2.18 bits per heavy atom. The van der Waals surface area contributed by atoms with Crippen molar-refractivity contribution in [3.05, 3.63) is 41.6 Å². The third-order valence-electron chi connectivity index (χ3n) is 5.60. The zero-order chi connectivity index (χ0) is 24.1. The van der Waals surface area contributed by atoms with Gasteiger partial charge in [-0.3, -0.25) is 9.59 Å². The van der Waals surface area contributed by atoms with Gasteiger partial charge < -0.3 is 30.2 Å². The van der Waals surface area contributed by atoms with E-state index in [2.05, 4.69) is 25.6 Å². The molecular formula is C23H26FN5O5. The van der Waals surface area contributed by atoms with Crippen molar-refractivity contribution in [3.8, 4) is 5.75 Å². The zero-order valence-corrected chi connectivity index (χ0v) is 18.7. The molecule has 4 N–H and O–H groups in total. The highest BCUT2D eigenvalue weighted by atomic mass is 19.1. The summed E-state index contributed by atoms with van der Waals surface area (Å²) in [5.41, 5.74) is 2.99. The van der Waals surface area contributed by atoms with Gasteiger partial charge in [0.1, 0.15) is 42.5 Å². The maximum Gasteiger partial charge on any atom is 0.325 e. The molecule has 0 spiro atoms. The molecular weight excluding hydrogens is 445 g/mol. The molecule has 11 heteroatoms. The maximum absolute atomic E-state index is 13.7. The molecule has 2 aromatic heterocycles. The monoisotopic (exact) mass is 471 g/mol. The van der Waals surface area contributed by atoms with Gasteiger partial charge in [-0.05, 0) is 43.9 Å². The van der Waals surface area contributed by atoms with E-state index >= 15 is 0 Å². The highest BCUT2D eigenvalue weighted by Gasteiger charge is 2.29. The van der Waals surface area contributed by atoms with Crippen LogP contribution in [-0.2, 0) is 27.2 Å². The number of halogens is 1. The molecule has 180 valence electrons. The first-order chi connectivity index (χ1) is 16.5. The Balaban J connectivity index is 1.59. The molecule has 1 atom stereocenters. The molecule has 0 saturated carbocycles. The minimum absolute atomic E-state index is 0.0134. The number of esters is 1. The van der Waals surface area contributed by atoms with Crippen LogP contribution in [0.25, 0.3) is 11.0 Å². The number of aryl methyl sites for hydroxylation is 1. The number of aromatic nitrogens is 3. The van der Waals surface area contributed by atoms with E-state index < -0.39 is 11.8 Å². The van der Waals surface area contributed by atoms with Crippen LogP contribution >= 0.6 is 0 Å². The van der Waals surface area contributed by atoms with Crippen molar-refractivity contribution >= 4 is 34.4 Å².